The van der Waals surface area contributed by atoms with Crippen molar-refractivity contribution in [2.75, 3.05) is 0 Å². The Kier molecular flexibility index (Phi) is 4.13. The van der Waals surface area contributed by atoms with Crippen LogP contribution in [0.5, 0.6) is 11.5 Å². The van der Waals surface area contributed by atoms with Crippen LogP contribution in [0.3, 0.4) is 0 Å². The Hall–Kier alpha value is -2.54. The van der Waals surface area contributed by atoms with Crippen LogP contribution < -0.4 is 10.5 Å². The predicted molar refractivity (Wildman–Crippen MR) is 72.1 cm³/mol. The van der Waals surface area contributed by atoms with Gasteiger partial charge in [-0.1, -0.05) is 12.1 Å². The van der Waals surface area contributed by atoms with Gasteiger partial charge in [0.2, 0.25) is 5.82 Å². The van der Waals surface area contributed by atoms with Crippen molar-refractivity contribution in [2.45, 2.75) is 13.0 Å². The first-order chi connectivity index (χ1) is 9.90. The Bertz CT molecular complexity index is 690. The summed E-state index contributed by atoms with van der Waals surface area (Å²) in [5, 5.41) is 10.5. The summed E-state index contributed by atoms with van der Waals surface area (Å²) < 4.78 is 32.6. The number of rotatable bonds is 4. The zero-order valence-corrected chi connectivity index (χ0v) is 11.0. The molecule has 2 rings (SSSR count). The quantitative estimate of drug-likeness (QED) is 0.689. The molecule has 7 heteroatoms. The van der Waals surface area contributed by atoms with Crippen LogP contribution in [0.4, 0.5) is 14.5 Å². The molecule has 2 aromatic rings. The van der Waals surface area contributed by atoms with Gasteiger partial charge in [0, 0.05) is 23.7 Å². The number of ether oxygens (including phenoxy) is 1. The number of nitro benzene ring substituents is 1. The molecule has 2 N–H and O–H groups in total. The first-order valence-electron chi connectivity index (χ1n) is 6.06. The summed E-state index contributed by atoms with van der Waals surface area (Å²) in [5.41, 5.74) is 5.45. The van der Waals surface area contributed by atoms with Gasteiger partial charge in [-0.25, -0.2) is 4.39 Å². The van der Waals surface area contributed by atoms with Crippen molar-refractivity contribution in [3.8, 4) is 11.5 Å². The van der Waals surface area contributed by atoms with Gasteiger partial charge in [-0.05, 0) is 19.1 Å². The minimum absolute atomic E-state index is 0.0508. The minimum Gasteiger partial charge on any atom is -0.454 e. The van der Waals surface area contributed by atoms with Gasteiger partial charge in [0.05, 0.1) is 4.92 Å². The number of benzene rings is 2. The molecule has 0 aliphatic carbocycles. The lowest BCUT2D eigenvalue weighted by Gasteiger charge is -2.14. The van der Waals surface area contributed by atoms with E-state index < -0.39 is 28.3 Å². The number of hydrogen-bond donors (Lipinski definition) is 1. The van der Waals surface area contributed by atoms with E-state index in [1.807, 2.05) is 0 Å². The Labute approximate surface area is 119 Å². The van der Waals surface area contributed by atoms with Crippen LogP contribution in [0.15, 0.2) is 36.4 Å². The smallest absolute Gasteiger partial charge is 0.305 e. The van der Waals surface area contributed by atoms with Gasteiger partial charge in [0.15, 0.2) is 11.6 Å². The zero-order valence-electron chi connectivity index (χ0n) is 11.0. The largest absolute Gasteiger partial charge is 0.454 e. The third kappa shape index (κ3) is 3.14. The number of para-hydroxylation sites is 1. The van der Waals surface area contributed by atoms with Crippen molar-refractivity contribution >= 4 is 5.69 Å². The van der Waals surface area contributed by atoms with Gasteiger partial charge in [-0.15, -0.1) is 0 Å². The molecule has 2 aromatic carbocycles. The fourth-order valence-electron chi connectivity index (χ4n) is 1.81. The van der Waals surface area contributed by atoms with E-state index in [0.29, 0.717) is 5.56 Å². The topological polar surface area (TPSA) is 78.4 Å². The maximum atomic E-state index is 13.8. The predicted octanol–water partition coefficient (Wildman–Crippen LogP) is 3.69. The Balaban J connectivity index is 2.39. The van der Waals surface area contributed by atoms with E-state index in [2.05, 4.69) is 0 Å². The molecule has 0 aliphatic rings. The van der Waals surface area contributed by atoms with Crippen LogP contribution in [0.25, 0.3) is 0 Å². The highest BCUT2D eigenvalue weighted by Crippen LogP contribution is 2.33. The molecule has 0 amide bonds. The molecule has 1 unspecified atom stereocenters. The molecule has 0 radical (unpaired) electrons. The van der Waals surface area contributed by atoms with E-state index in [1.54, 1.807) is 13.0 Å². The third-order valence-electron chi connectivity index (χ3n) is 2.82. The Morgan fingerprint density at radius 2 is 1.95 bits per heavy atom. The lowest BCUT2D eigenvalue weighted by Crippen LogP contribution is -2.07. The molecule has 21 heavy (non-hydrogen) atoms. The summed E-state index contributed by atoms with van der Waals surface area (Å²) in [6.45, 7) is 1.65. The monoisotopic (exact) mass is 294 g/mol. The van der Waals surface area contributed by atoms with Crippen molar-refractivity contribution in [2.24, 2.45) is 5.73 Å². The SMILES string of the molecule is CC(N)c1cccc(F)c1Oc1ccc([N+](=O)[O-])c(F)c1. The lowest BCUT2D eigenvalue weighted by molar-refractivity contribution is -0.387. The number of nitrogens with zero attached hydrogens (tertiary/aromatic N) is 1. The Morgan fingerprint density at radius 1 is 1.24 bits per heavy atom. The average Bonchev–Trinajstić information content (AvgIpc) is 2.40. The van der Waals surface area contributed by atoms with E-state index in [0.717, 1.165) is 12.1 Å². The van der Waals surface area contributed by atoms with Gasteiger partial charge in [-0.3, -0.25) is 10.1 Å². The van der Waals surface area contributed by atoms with Crippen molar-refractivity contribution in [3.63, 3.8) is 0 Å². The van der Waals surface area contributed by atoms with E-state index in [1.165, 1.54) is 18.2 Å². The normalized spacial score (nSPS) is 12.0. The van der Waals surface area contributed by atoms with Crippen LogP contribution in [0.2, 0.25) is 0 Å². The van der Waals surface area contributed by atoms with Crippen LogP contribution in [0.1, 0.15) is 18.5 Å². The molecule has 0 fully saturated rings. The van der Waals surface area contributed by atoms with E-state index in [9.17, 15) is 18.9 Å². The molecule has 0 spiro atoms. The minimum atomic E-state index is -1.06. The van der Waals surface area contributed by atoms with Crippen LogP contribution in [-0.4, -0.2) is 4.92 Å². The van der Waals surface area contributed by atoms with Gasteiger partial charge >= 0.3 is 5.69 Å². The van der Waals surface area contributed by atoms with Gasteiger partial charge in [0.1, 0.15) is 5.75 Å². The molecule has 0 heterocycles. The maximum Gasteiger partial charge on any atom is 0.305 e. The maximum absolute atomic E-state index is 13.8. The van der Waals surface area contributed by atoms with E-state index in [4.69, 9.17) is 10.5 Å². The second-order valence-electron chi connectivity index (χ2n) is 4.42. The second kappa shape index (κ2) is 5.84. The summed E-state index contributed by atoms with van der Waals surface area (Å²) >= 11 is 0. The molecule has 110 valence electrons. The fourth-order valence-corrected chi connectivity index (χ4v) is 1.81. The van der Waals surface area contributed by atoms with E-state index >= 15 is 0 Å². The molecule has 0 bridgehead atoms. The summed E-state index contributed by atoms with van der Waals surface area (Å²) in [6, 6.07) is 6.75. The summed E-state index contributed by atoms with van der Waals surface area (Å²) in [7, 11) is 0. The molecule has 0 saturated carbocycles. The molecule has 1 atom stereocenters. The molecule has 0 aromatic heterocycles. The summed E-state index contributed by atoms with van der Waals surface area (Å²) in [5.74, 6) is -1.88. The summed E-state index contributed by atoms with van der Waals surface area (Å²) in [6.07, 6.45) is 0. The highest BCUT2D eigenvalue weighted by atomic mass is 19.1. The van der Waals surface area contributed by atoms with Gasteiger partial charge < -0.3 is 10.5 Å². The standard InChI is InChI=1S/C14H12F2N2O3/c1-8(17)10-3-2-4-11(15)14(10)21-9-5-6-13(18(19)20)12(16)7-9/h2-8H,17H2,1H3. The Morgan fingerprint density at radius 3 is 2.52 bits per heavy atom. The molecular weight excluding hydrogens is 282 g/mol. The zero-order chi connectivity index (χ0) is 15.6. The van der Waals surface area contributed by atoms with Crippen molar-refractivity contribution in [1.82, 2.24) is 0 Å². The van der Waals surface area contributed by atoms with Gasteiger partial charge in [-0.2, -0.15) is 4.39 Å². The first kappa shape index (κ1) is 14.9. The first-order valence-corrected chi connectivity index (χ1v) is 6.06. The van der Waals surface area contributed by atoms with Crippen molar-refractivity contribution in [3.05, 3.63) is 63.7 Å². The molecular formula is C14H12F2N2O3. The highest BCUT2D eigenvalue weighted by molar-refractivity contribution is 5.43. The van der Waals surface area contributed by atoms with Crippen LogP contribution in [0, 0.1) is 21.7 Å². The van der Waals surface area contributed by atoms with E-state index in [-0.39, 0.29) is 11.5 Å². The summed E-state index contributed by atoms with van der Waals surface area (Å²) in [4.78, 5) is 9.69. The van der Waals surface area contributed by atoms with Crippen molar-refractivity contribution < 1.29 is 18.4 Å². The number of halogens is 2. The number of hydrogen-bond acceptors (Lipinski definition) is 4. The van der Waals surface area contributed by atoms with Crippen molar-refractivity contribution in [1.29, 1.82) is 0 Å². The fraction of sp³-hybridized carbons (Fsp3) is 0.143. The number of nitrogens with two attached hydrogens (primary N) is 1. The molecule has 0 saturated heterocycles. The highest BCUT2D eigenvalue weighted by Gasteiger charge is 2.17. The molecule has 0 aliphatic heterocycles. The van der Waals surface area contributed by atoms with Crippen LogP contribution >= 0.6 is 0 Å². The van der Waals surface area contributed by atoms with Gasteiger partial charge in [0.25, 0.3) is 0 Å². The molecule has 5 nitrogen and oxygen atoms in total. The van der Waals surface area contributed by atoms with Crippen LogP contribution in [-0.2, 0) is 0 Å². The third-order valence-corrected chi connectivity index (χ3v) is 2.82. The number of nitro groups is 1. The average molecular weight is 294 g/mol. The second-order valence-corrected chi connectivity index (χ2v) is 4.42. The lowest BCUT2D eigenvalue weighted by atomic mass is 10.1.